The molecule has 0 heterocycles. The van der Waals surface area contributed by atoms with Gasteiger partial charge in [-0.15, -0.1) is 0 Å². The quantitative estimate of drug-likeness (QED) is 0.775. The maximum atomic E-state index is 11.2. The van der Waals surface area contributed by atoms with Gasteiger partial charge in [0, 0.05) is 7.11 Å². The van der Waals surface area contributed by atoms with Gasteiger partial charge in [-0.1, -0.05) is 0 Å². The van der Waals surface area contributed by atoms with Gasteiger partial charge < -0.3 is 14.2 Å². The molecule has 0 saturated carbocycles. The summed E-state index contributed by atoms with van der Waals surface area (Å²) in [5.41, 5.74) is 0. The zero-order valence-corrected chi connectivity index (χ0v) is 12.6. The molecule has 0 N–H and O–H groups in total. The number of benzene rings is 1. The highest BCUT2D eigenvalue weighted by atomic mass is 79.9. The van der Waals surface area contributed by atoms with E-state index in [0.29, 0.717) is 11.5 Å². The first kappa shape index (κ1) is 14.5. The van der Waals surface area contributed by atoms with Gasteiger partial charge in [0.15, 0.2) is 5.78 Å². The molecule has 94 valence electrons. The number of hydrogen-bond acceptors (Lipinski definition) is 4. The largest absolute Gasteiger partial charge is 0.496 e. The smallest absolute Gasteiger partial charge is 0.195 e. The van der Waals surface area contributed by atoms with E-state index in [0.717, 1.165) is 8.95 Å². The minimum atomic E-state index is -0.119. The molecule has 0 saturated heterocycles. The summed E-state index contributed by atoms with van der Waals surface area (Å²) in [6.45, 7) is 0.0279. The zero-order chi connectivity index (χ0) is 12.8. The first-order chi connectivity index (χ1) is 8.08. The third kappa shape index (κ3) is 4.29. The van der Waals surface area contributed by atoms with Crippen molar-refractivity contribution in [1.82, 2.24) is 0 Å². The summed E-state index contributed by atoms with van der Waals surface area (Å²) in [5, 5.41) is 0. The van der Waals surface area contributed by atoms with E-state index >= 15 is 0 Å². The van der Waals surface area contributed by atoms with Crippen molar-refractivity contribution < 1.29 is 19.0 Å². The van der Waals surface area contributed by atoms with Gasteiger partial charge in [0.25, 0.3) is 0 Å². The van der Waals surface area contributed by atoms with Crippen LogP contribution in [0.15, 0.2) is 21.1 Å². The number of carbonyl (C=O) groups is 1. The molecule has 0 aliphatic heterocycles. The SMILES string of the molecule is COCC(=O)COc1cc(Br)c(OC)cc1Br. The lowest BCUT2D eigenvalue weighted by molar-refractivity contribution is -0.124. The van der Waals surface area contributed by atoms with Gasteiger partial charge in [-0.25, -0.2) is 0 Å². The molecule has 1 aromatic carbocycles. The van der Waals surface area contributed by atoms with Gasteiger partial charge in [-0.2, -0.15) is 0 Å². The fourth-order valence-electron chi connectivity index (χ4n) is 1.14. The highest BCUT2D eigenvalue weighted by molar-refractivity contribution is 9.11. The molecule has 0 spiro atoms. The third-order valence-electron chi connectivity index (χ3n) is 1.90. The van der Waals surface area contributed by atoms with Crippen LogP contribution in [0.1, 0.15) is 0 Å². The first-order valence-corrected chi connectivity index (χ1v) is 6.33. The van der Waals surface area contributed by atoms with E-state index in [1.807, 2.05) is 0 Å². The van der Waals surface area contributed by atoms with Crippen LogP contribution in [0.5, 0.6) is 11.5 Å². The number of methoxy groups -OCH3 is 2. The second-order valence-corrected chi connectivity index (χ2v) is 4.89. The summed E-state index contributed by atoms with van der Waals surface area (Å²) in [6.07, 6.45) is 0. The molecular formula is C11H12Br2O4. The molecule has 17 heavy (non-hydrogen) atoms. The van der Waals surface area contributed by atoms with Gasteiger partial charge in [-0.05, 0) is 44.0 Å². The molecule has 0 atom stereocenters. The van der Waals surface area contributed by atoms with Crippen LogP contribution in [-0.2, 0) is 9.53 Å². The topological polar surface area (TPSA) is 44.8 Å². The Morgan fingerprint density at radius 1 is 1.12 bits per heavy atom. The fourth-order valence-corrected chi connectivity index (χ4v) is 2.06. The van der Waals surface area contributed by atoms with E-state index in [9.17, 15) is 4.79 Å². The molecule has 0 amide bonds. The average molecular weight is 368 g/mol. The maximum absolute atomic E-state index is 11.2. The monoisotopic (exact) mass is 366 g/mol. The van der Waals surface area contributed by atoms with Crippen molar-refractivity contribution in [2.75, 3.05) is 27.4 Å². The summed E-state index contributed by atoms with van der Waals surface area (Å²) in [4.78, 5) is 11.2. The molecule has 6 heteroatoms. The predicted molar refractivity (Wildman–Crippen MR) is 70.8 cm³/mol. The number of Topliss-reactive ketones (excluding diaryl/α,β-unsaturated/α-hetero) is 1. The Bertz CT molecular complexity index is 407. The van der Waals surface area contributed by atoms with E-state index in [2.05, 4.69) is 31.9 Å². The van der Waals surface area contributed by atoms with Gasteiger partial charge in [0.1, 0.15) is 24.7 Å². The summed E-state index contributed by atoms with van der Waals surface area (Å²) in [5.74, 6) is 1.14. The lowest BCUT2D eigenvalue weighted by Crippen LogP contribution is -2.16. The molecule has 0 aliphatic rings. The number of ether oxygens (including phenoxy) is 3. The Morgan fingerprint density at radius 3 is 2.29 bits per heavy atom. The second kappa shape index (κ2) is 6.98. The summed E-state index contributed by atoms with van der Waals surface area (Å²) < 4.78 is 16.7. The minimum Gasteiger partial charge on any atom is -0.496 e. The van der Waals surface area contributed by atoms with Crippen LogP contribution < -0.4 is 9.47 Å². The number of rotatable bonds is 6. The zero-order valence-electron chi connectivity index (χ0n) is 9.46. The maximum Gasteiger partial charge on any atom is 0.195 e. The van der Waals surface area contributed by atoms with Gasteiger partial charge in [-0.3, -0.25) is 4.79 Å². The number of ketones is 1. The van der Waals surface area contributed by atoms with Crippen LogP contribution in [-0.4, -0.2) is 33.2 Å². The Kier molecular flexibility index (Phi) is 5.94. The molecule has 0 unspecified atom stereocenters. The Labute approximate surface area is 116 Å². The molecule has 0 bridgehead atoms. The standard InChI is InChI=1S/C11H12Br2O4/c1-15-5-7(14)6-17-11-4-8(12)10(16-2)3-9(11)13/h3-4H,5-6H2,1-2H3. The van der Waals surface area contributed by atoms with Gasteiger partial charge in [0.2, 0.25) is 0 Å². The van der Waals surface area contributed by atoms with Crippen molar-refractivity contribution in [2.45, 2.75) is 0 Å². The molecule has 0 fully saturated rings. The van der Waals surface area contributed by atoms with Gasteiger partial charge in [0.05, 0.1) is 16.1 Å². The normalized spacial score (nSPS) is 10.1. The van der Waals surface area contributed by atoms with Crippen LogP contribution in [0, 0.1) is 0 Å². The van der Waals surface area contributed by atoms with E-state index in [4.69, 9.17) is 14.2 Å². The molecular weight excluding hydrogens is 356 g/mol. The number of halogens is 2. The van der Waals surface area contributed by atoms with E-state index in [1.165, 1.54) is 7.11 Å². The van der Waals surface area contributed by atoms with Crippen LogP contribution in [0.4, 0.5) is 0 Å². The lowest BCUT2D eigenvalue weighted by atomic mass is 10.3. The Hall–Kier alpha value is -0.590. The van der Waals surface area contributed by atoms with Crippen LogP contribution >= 0.6 is 31.9 Å². The number of hydrogen-bond donors (Lipinski definition) is 0. The van der Waals surface area contributed by atoms with E-state index in [1.54, 1.807) is 19.2 Å². The lowest BCUT2D eigenvalue weighted by Gasteiger charge is -2.10. The van der Waals surface area contributed by atoms with E-state index in [-0.39, 0.29) is 19.0 Å². The molecule has 4 nitrogen and oxygen atoms in total. The minimum absolute atomic E-state index is 0.0226. The van der Waals surface area contributed by atoms with Crippen molar-refractivity contribution in [3.05, 3.63) is 21.1 Å². The van der Waals surface area contributed by atoms with Gasteiger partial charge >= 0.3 is 0 Å². The Balaban J connectivity index is 2.72. The summed E-state index contributed by atoms with van der Waals surface area (Å²) >= 11 is 6.69. The molecule has 0 radical (unpaired) electrons. The van der Waals surface area contributed by atoms with Crippen molar-refractivity contribution in [1.29, 1.82) is 0 Å². The average Bonchev–Trinajstić information content (AvgIpc) is 2.30. The van der Waals surface area contributed by atoms with Crippen molar-refractivity contribution in [3.8, 4) is 11.5 Å². The predicted octanol–water partition coefficient (Wildman–Crippen LogP) is 2.81. The third-order valence-corrected chi connectivity index (χ3v) is 3.14. The highest BCUT2D eigenvalue weighted by Gasteiger charge is 2.10. The van der Waals surface area contributed by atoms with Crippen molar-refractivity contribution >= 4 is 37.6 Å². The number of carbonyl (C=O) groups excluding carboxylic acids is 1. The Morgan fingerprint density at radius 2 is 1.71 bits per heavy atom. The van der Waals surface area contributed by atoms with Crippen molar-refractivity contribution in [3.63, 3.8) is 0 Å². The van der Waals surface area contributed by atoms with Crippen molar-refractivity contribution in [2.24, 2.45) is 0 Å². The van der Waals surface area contributed by atoms with Crippen LogP contribution in [0.25, 0.3) is 0 Å². The second-order valence-electron chi connectivity index (χ2n) is 3.18. The highest BCUT2D eigenvalue weighted by Crippen LogP contribution is 2.35. The van der Waals surface area contributed by atoms with E-state index < -0.39 is 0 Å². The first-order valence-electron chi connectivity index (χ1n) is 4.75. The molecule has 0 aromatic heterocycles. The molecule has 1 aromatic rings. The summed E-state index contributed by atoms with van der Waals surface area (Å²) in [7, 11) is 3.05. The van der Waals surface area contributed by atoms with Crippen LogP contribution in [0.2, 0.25) is 0 Å². The van der Waals surface area contributed by atoms with Crippen LogP contribution in [0.3, 0.4) is 0 Å². The molecule has 1 rings (SSSR count). The molecule has 0 aliphatic carbocycles. The summed E-state index contributed by atoms with van der Waals surface area (Å²) in [6, 6.07) is 3.50. The fraction of sp³-hybridized carbons (Fsp3) is 0.364.